The highest BCUT2D eigenvalue weighted by molar-refractivity contribution is 5.89. The van der Waals surface area contributed by atoms with E-state index in [0.717, 1.165) is 63.8 Å². The van der Waals surface area contributed by atoms with Gasteiger partial charge in [0, 0.05) is 31.4 Å². The molecule has 3 rings (SSSR count). The lowest BCUT2D eigenvalue weighted by atomic mass is 9.84. The molecule has 1 saturated carbocycles. The molecule has 1 heterocycles. The van der Waals surface area contributed by atoms with Gasteiger partial charge in [-0.1, -0.05) is 37.5 Å². The number of amides is 2. The average Bonchev–Trinajstić information content (AvgIpc) is 2.58. The minimum atomic E-state index is -0.483. The van der Waals surface area contributed by atoms with Gasteiger partial charge in [0.2, 0.25) is 0 Å². The molecule has 5 heteroatoms. The molecule has 0 bridgehead atoms. The molecule has 1 aliphatic heterocycles. The van der Waals surface area contributed by atoms with Crippen molar-refractivity contribution in [1.29, 1.82) is 0 Å². The molecule has 1 saturated heterocycles. The number of benzene rings is 1. The third kappa shape index (κ3) is 4.95. The zero-order valence-electron chi connectivity index (χ0n) is 14.3. The van der Waals surface area contributed by atoms with Crippen LogP contribution >= 0.6 is 0 Å². The predicted molar refractivity (Wildman–Crippen MR) is 96.1 cm³/mol. The van der Waals surface area contributed by atoms with Crippen molar-refractivity contribution in [1.82, 2.24) is 10.2 Å². The summed E-state index contributed by atoms with van der Waals surface area (Å²) in [5.41, 5.74) is 0.329. The van der Waals surface area contributed by atoms with E-state index in [0.29, 0.717) is 0 Å². The van der Waals surface area contributed by atoms with E-state index in [-0.39, 0.29) is 12.1 Å². The van der Waals surface area contributed by atoms with Gasteiger partial charge in [-0.2, -0.15) is 0 Å². The van der Waals surface area contributed by atoms with Crippen molar-refractivity contribution in [3.05, 3.63) is 30.3 Å². The van der Waals surface area contributed by atoms with Crippen molar-refractivity contribution in [3.63, 3.8) is 0 Å². The monoisotopic (exact) mass is 331 g/mol. The van der Waals surface area contributed by atoms with E-state index < -0.39 is 5.60 Å². The summed E-state index contributed by atoms with van der Waals surface area (Å²) in [5.74, 6) is 0. The summed E-state index contributed by atoms with van der Waals surface area (Å²) >= 11 is 0. The van der Waals surface area contributed by atoms with Crippen LogP contribution in [0.5, 0.6) is 0 Å². The second kappa shape index (κ2) is 7.99. The highest BCUT2D eigenvalue weighted by Crippen LogP contribution is 2.29. The van der Waals surface area contributed by atoms with Crippen LogP contribution in [0.3, 0.4) is 0 Å². The van der Waals surface area contributed by atoms with Crippen molar-refractivity contribution in [3.8, 4) is 0 Å². The van der Waals surface area contributed by atoms with Gasteiger partial charge in [-0.3, -0.25) is 0 Å². The average molecular weight is 331 g/mol. The Morgan fingerprint density at radius 2 is 1.79 bits per heavy atom. The smallest absolute Gasteiger partial charge is 0.319 e. The van der Waals surface area contributed by atoms with E-state index in [9.17, 15) is 9.90 Å². The molecule has 0 radical (unpaired) electrons. The number of hydrogen-bond donors (Lipinski definition) is 3. The first kappa shape index (κ1) is 17.2. The molecule has 0 unspecified atom stereocenters. The van der Waals surface area contributed by atoms with Crippen LogP contribution in [-0.4, -0.2) is 47.3 Å². The molecule has 24 heavy (non-hydrogen) atoms. The zero-order chi connectivity index (χ0) is 16.8. The number of hydrogen-bond acceptors (Lipinski definition) is 3. The SMILES string of the molecule is O=C(Nc1ccccc1)NC1CCN(CC2(O)CCCCC2)CC1. The summed E-state index contributed by atoms with van der Waals surface area (Å²) in [7, 11) is 0. The fourth-order valence-corrected chi connectivity index (χ4v) is 3.89. The number of likely N-dealkylation sites (tertiary alicyclic amines) is 1. The van der Waals surface area contributed by atoms with Crippen LogP contribution in [-0.2, 0) is 0 Å². The molecule has 1 aromatic rings. The molecule has 2 aliphatic rings. The van der Waals surface area contributed by atoms with Crippen LogP contribution < -0.4 is 10.6 Å². The van der Waals surface area contributed by atoms with Gasteiger partial charge in [0.05, 0.1) is 5.60 Å². The van der Waals surface area contributed by atoms with Gasteiger partial charge in [-0.25, -0.2) is 4.79 Å². The van der Waals surface area contributed by atoms with Gasteiger partial charge >= 0.3 is 6.03 Å². The highest BCUT2D eigenvalue weighted by Gasteiger charge is 2.32. The standard InChI is InChI=1S/C19H29N3O2/c23-18(20-16-7-3-1-4-8-16)21-17-9-13-22(14-10-17)15-19(24)11-5-2-6-12-19/h1,3-4,7-8,17,24H,2,5-6,9-15H2,(H2,20,21,23). The number of anilines is 1. The van der Waals surface area contributed by atoms with Crippen LogP contribution in [0.4, 0.5) is 10.5 Å². The second-order valence-corrected chi connectivity index (χ2v) is 7.30. The van der Waals surface area contributed by atoms with Crippen LogP contribution in [0.1, 0.15) is 44.9 Å². The molecule has 5 nitrogen and oxygen atoms in total. The summed E-state index contributed by atoms with van der Waals surface area (Å²) in [6, 6.07) is 9.59. The van der Waals surface area contributed by atoms with E-state index in [1.165, 1.54) is 6.42 Å². The van der Waals surface area contributed by atoms with Crippen molar-refractivity contribution in [2.24, 2.45) is 0 Å². The Balaban J connectivity index is 1.39. The van der Waals surface area contributed by atoms with Gasteiger partial charge in [0.25, 0.3) is 0 Å². The lowest BCUT2D eigenvalue weighted by molar-refractivity contribution is -0.0310. The first-order chi connectivity index (χ1) is 11.6. The molecule has 1 aliphatic carbocycles. The van der Waals surface area contributed by atoms with E-state index >= 15 is 0 Å². The number of carbonyl (C=O) groups excluding carboxylic acids is 1. The van der Waals surface area contributed by atoms with E-state index in [1.807, 2.05) is 30.3 Å². The van der Waals surface area contributed by atoms with E-state index in [1.54, 1.807) is 0 Å². The topological polar surface area (TPSA) is 64.6 Å². The maximum Gasteiger partial charge on any atom is 0.319 e. The maximum atomic E-state index is 12.1. The molecule has 132 valence electrons. The third-order valence-corrected chi connectivity index (χ3v) is 5.26. The van der Waals surface area contributed by atoms with Crippen LogP contribution in [0.25, 0.3) is 0 Å². The Hall–Kier alpha value is -1.59. The van der Waals surface area contributed by atoms with Gasteiger partial charge in [-0.05, 0) is 37.8 Å². The van der Waals surface area contributed by atoms with E-state index in [4.69, 9.17) is 0 Å². The number of nitrogens with one attached hydrogen (secondary N) is 2. The Bertz CT molecular complexity index is 521. The minimum Gasteiger partial charge on any atom is -0.389 e. The number of para-hydroxylation sites is 1. The Labute approximate surface area is 144 Å². The predicted octanol–water partition coefficient (Wildman–Crippen LogP) is 2.97. The lowest BCUT2D eigenvalue weighted by Crippen LogP contribution is -2.50. The number of nitrogens with zero attached hydrogens (tertiary/aromatic N) is 1. The van der Waals surface area contributed by atoms with Crippen LogP contribution in [0.15, 0.2) is 30.3 Å². The van der Waals surface area contributed by atoms with Gasteiger partial charge in [0.1, 0.15) is 0 Å². The first-order valence-electron chi connectivity index (χ1n) is 9.20. The fraction of sp³-hybridized carbons (Fsp3) is 0.632. The van der Waals surface area contributed by atoms with Crippen LogP contribution in [0.2, 0.25) is 0 Å². The minimum absolute atomic E-state index is 0.134. The molecular weight excluding hydrogens is 302 g/mol. The van der Waals surface area contributed by atoms with Crippen molar-refractivity contribution >= 4 is 11.7 Å². The molecule has 0 spiro atoms. The van der Waals surface area contributed by atoms with Gasteiger partial charge < -0.3 is 20.6 Å². The van der Waals surface area contributed by atoms with Crippen molar-refractivity contribution < 1.29 is 9.90 Å². The fourth-order valence-electron chi connectivity index (χ4n) is 3.89. The Morgan fingerprint density at radius 3 is 2.46 bits per heavy atom. The molecule has 1 aromatic carbocycles. The summed E-state index contributed by atoms with van der Waals surface area (Å²) in [4.78, 5) is 14.4. The first-order valence-corrected chi connectivity index (χ1v) is 9.20. The molecule has 3 N–H and O–H groups in total. The molecule has 2 amide bonds. The number of piperidine rings is 1. The lowest BCUT2D eigenvalue weighted by Gasteiger charge is -2.40. The zero-order valence-corrected chi connectivity index (χ0v) is 14.3. The highest BCUT2D eigenvalue weighted by atomic mass is 16.3. The molecule has 2 fully saturated rings. The quantitative estimate of drug-likeness (QED) is 0.795. The largest absolute Gasteiger partial charge is 0.389 e. The second-order valence-electron chi connectivity index (χ2n) is 7.30. The third-order valence-electron chi connectivity index (χ3n) is 5.26. The number of rotatable bonds is 4. The maximum absolute atomic E-state index is 12.1. The summed E-state index contributed by atoms with van der Waals surface area (Å²) in [6.07, 6.45) is 7.30. The molecular formula is C19H29N3O2. The van der Waals surface area contributed by atoms with E-state index in [2.05, 4.69) is 15.5 Å². The number of β-amino-alcohol motifs (C(OH)–C–C–N with tert-alkyl or cyclic N) is 1. The summed E-state index contributed by atoms with van der Waals surface area (Å²) in [5, 5.41) is 16.6. The number of urea groups is 1. The Morgan fingerprint density at radius 1 is 1.12 bits per heavy atom. The van der Waals surface area contributed by atoms with Crippen molar-refractivity contribution in [2.75, 3.05) is 25.0 Å². The number of carbonyl (C=O) groups is 1. The van der Waals surface area contributed by atoms with Crippen LogP contribution in [0, 0.1) is 0 Å². The molecule has 0 atom stereocenters. The number of aliphatic hydroxyl groups is 1. The normalized spacial score (nSPS) is 22.0. The summed E-state index contributed by atoms with van der Waals surface area (Å²) in [6.45, 7) is 2.67. The summed E-state index contributed by atoms with van der Waals surface area (Å²) < 4.78 is 0. The molecule has 0 aromatic heterocycles. The Kier molecular flexibility index (Phi) is 5.74. The van der Waals surface area contributed by atoms with Crippen molar-refractivity contribution in [2.45, 2.75) is 56.6 Å². The van der Waals surface area contributed by atoms with Gasteiger partial charge in [-0.15, -0.1) is 0 Å². The van der Waals surface area contributed by atoms with Gasteiger partial charge in [0.15, 0.2) is 0 Å².